The Morgan fingerprint density at radius 3 is 2.09 bits per heavy atom. The van der Waals surface area contributed by atoms with Gasteiger partial charge in [0.15, 0.2) is 0 Å². The monoisotopic (exact) mass is 452 g/mol. The van der Waals surface area contributed by atoms with Crippen LogP contribution in [0.3, 0.4) is 0 Å². The maximum atomic E-state index is 12.7. The average molecular weight is 453 g/mol. The van der Waals surface area contributed by atoms with E-state index in [4.69, 9.17) is 9.84 Å². The van der Waals surface area contributed by atoms with Crippen LogP contribution in [0.5, 0.6) is 0 Å². The van der Waals surface area contributed by atoms with Crippen molar-refractivity contribution in [1.29, 1.82) is 0 Å². The van der Waals surface area contributed by atoms with E-state index in [0.717, 1.165) is 27.2 Å². The van der Waals surface area contributed by atoms with Gasteiger partial charge in [0.2, 0.25) is 5.91 Å². The molecule has 2 N–H and O–H groups in total. The molecule has 2 aromatic rings. The van der Waals surface area contributed by atoms with E-state index in [0.29, 0.717) is 6.42 Å². The van der Waals surface area contributed by atoms with Gasteiger partial charge in [0.25, 0.3) is 0 Å². The van der Waals surface area contributed by atoms with E-state index < -0.39 is 18.1 Å². The molecule has 0 bridgehead atoms. The summed E-state index contributed by atoms with van der Waals surface area (Å²) in [5.41, 5.74) is 4.42. The summed E-state index contributed by atoms with van der Waals surface area (Å²) in [7, 11) is 1.44. The quantitative estimate of drug-likeness (QED) is 0.624. The van der Waals surface area contributed by atoms with Crippen molar-refractivity contribution in [2.45, 2.75) is 45.6 Å². The molecule has 1 aliphatic carbocycles. The third-order valence-corrected chi connectivity index (χ3v) is 5.74. The summed E-state index contributed by atoms with van der Waals surface area (Å²) in [6, 6.07) is 15.8. The van der Waals surface area contributed by atoms with Gasteiger partial charge in [-0.05, 0) is 34.1 Å². The molecule has 1 unspecified atom stereocenters. The number of carbonyl (C=O) groups excluding carboxylic acids is 2. The highest BCUT2D eigenvalue weighted by atomic mass is 16.5. The van der Waals surface area contributed by atoms with Crippen molar-refractivity contribution >= 4 is 18.0 Å². The van der Waals surface area contributed by atoms with Crippen LogP contribution in [0, 0.1) is 5.41 Å². The molecular weight excluding hydrogens is 420 g/mol. The van der Waals surface area contributed by atoms with Gasteiger partial charge in [-0.1, -0.05) is 69.3 Å². The number of ether oxygens (including phenoxy) is 1. The second kappa shape index (κ2) is 10.1. The molecule has 7 nitrogen and oxygen atoms in total. The number of nitrogens with zero attached hydrogens (tertiary/aromatic N) is 1. The van der Waals surface area contributed by atoms with E-state index in [1.54, 1.807) is 0 Å². The Bertz CT molecular complexity index is 982. The van der Waals surface area contributed by atoms with E-state index in [9.17, 15) is 14.4 Å². The number of benzene rings is 2. The number of amides is 2. The standard InChI is InChI=1S/C26H32N2O5/c1-26(2,3)14-17(13-23(29)28(4)15-24(30)31)27-25(32)33-16-22-20-11-7-5-9-18(20)19-10-6-8-12-21(19)22/h5-12,17,22H,13-16H2,1-4H3,(H,27,32)(H,30,31). The molecule has 1 aliphatic rings. The third kappa shape index (κ3) is 6.34. The van der Waals surface area contributed by atoms with Gasteiger partial charge >= 0.3 is 12.1 Å². The zero-order valence-corrected chi connectivity index (χ0v) is 19.6. The molecular formula is C26H32N2O5. The van der Waals surface area contributed by atoms with Crippen molar-refractivity contribution in [3.8, 4) is 11.1 Å². The number of carboxylic acids is 1. The highest BCUT2D eigenvalue weighted by Gasteiger charge is 2.30. The van der Waals surface area contributed by atoms with E-state index in [-0.39, 0.29) is 36.8 Å². The van der Waals surface area contributed by atoms with Crippen molar-refractivity contribution in [1.82, 2.24) is 10.2 Å². The third-order valence-electron chi connectivity index (χ3n) is 5.74. The number of likely N-dealkylation sites (N-methyl/N-ethyl adjacent to an activating group) is 1. The van der Waals surface area contributed by atoms with Gasteiger partial charge in [0, 0.05) is 25.4 Å². The fourth-order valence-electron chi connectivity index (χ4n) is 4.38. The Morgan fingerprint density at radius 2 is 1.58 bits per heavy atom. The van der Waals surface area contributed by atoms with Crippen LogP contribution in [0.2, 0.25) is 0 Å². The minimum Gasteiger partial charge on any atom is -0.480 e. The van der Waals surface area contributed by atoms with Crippen LogP contribution >= 0.6 is 0 Å². The van der Waals surface area contributed by atoms with Crippen LogP contribution in [0.25, 0.3) is 11.1 Å². The minimum atomic E-state index is -1.08. The van der Waals surface area contributed by atoms with E-state index in [1.807, 2.05) is 45.0 Å². The number of fused-ring (bicyclic) bond motifs is 3. The molecule has 0 spiro atoms. The second-order valence-electron chi connectivity index (χ2n) is 9.78. The average Bonchev–Trinajstić information content (AvgIpc) is 3.04. The number of alkyl carbamates (subject to hydrolysis) is 1. The molecule has 0 saturated carbocycles. The van der Waals surface area contributed by atoms with Crippen LogP contribution in [-0.4, -0.2) is 54.2 Å². The summed E-state index contributed by atoms with van der Waals surface area (Å²) in [5.74, 6) is -1.47. The van der Waals surface area contributed by atoms with E-state index >= 15 is 0 Å². The number of carboxylic acid groups (broad SMARTS) is 1. The lowest BCUT2D eigenvalue weighted by atomic mass is 9.87. The molecule has 176 valence electrons. The van der Waals surface area contributed by atoms with Gasteiger partial charge in [-0.2, -0.15) is 0 Å². The van der Waals surface area contributed by atoms with E-state index in [2.05, 4.69) is 29.6 Å². The molecule has 7 heteroatoms. The van der Waals surface area contributed by atoms with Crippen LogP contribution in [0.1, 0.15) is 50.7 Å². The Kier molecular flexibility index (Phi) is 7.41. The predicted molar refractivity (Wildman–Crippen MR) is 126 cm³/mol. The number of hydrogen-bond acceptors (Lipinski definition) is 4. The molecule has 0 aliphatic heterocycles. The first-order valence-electron chi connectivity index (χ1n) is 11.1. The number of hydrogen-bond donors (Lipinski definition) is 2. The molecule has 33 heavy (non-hydrogen) atoms. The first-order valence-corrected chi connectivity index (χ1v) is 11.1. The van der Waals surface area contributed by atoms with Gasteiger partial charge in [-0.15, -0.1) is 0 Å². The summed E-state index contributed by atoms with van der Waals surface area (Å²) in [6.45, 7) is 5.86. The largest absolute Gasteiger partial charge is 0.480 e. The predicted octanol–water partition coefficient (Wildman–Crippen LogP) is 4.26. The molecule has 0 aromatic heterocycles. The number of rotatable bonds is 8. The Balaban J connectivity index is 1.66. The van der Waals surface area contributed by atoms with Crippen LogP contribution < -0.4 is 5.32 Å². The highest BCUT2D eigenvalue weighted by Crippen LogP contribution is 2.44. The summed E-state index contributed by atoms with van der Waals surface area (Å²) in [5, 5.41) is 11.8. The van der Waals surface area contributed by atoms with Crippen molar-refractivity contribution in [3.05, 3.63) is 59.7 Å². The van der Waals surface area contributed by atoms with Gasteiger partial charge in [-0.3, -0.25) is 9.59 Å². The maximum Gasteiger partial charge on any atom is 0.407 e. The number of nitrogens with one attached hydrogen (secondary N) is 1. The SMILES string of the molecule is CN(CC(=O)O)C(=O)CC(CC(C)(C)C)NC(=O)OCC1c2ccccc2-c2ccccc21. The highest BCUT2D eigenvalue weighted by molar-refractivity contribution is 5.82. The summed E-state index contributed by atoms with van der Waals surface area (Å²) in [4.78, 5) is 37.2. The Labute approximate surface area is 194 Å². The lowest BCUT2D eigenvalue weighted by Gasteiger charge is -2.27. The summed E-state index contributed by atoms with van der Waals surface area (Å²) in [6.07, 6.45) is -0.0328. The molecule has 3 rings (SSSR count). The zero-order chi connectivity index (χ0) is 24.2. The number of aliphatic carboxylic acids is 1. The van der Waals surface area contributed by atoms with Crippen molar-refractivity contribution in [2.75, 3.05) is 20.2 Å². The van der Waals surface area contributed by atoms with Crippen LogP contribution in [0.15, 0.2) is 48.5 Å². The summed E-state index contributed by atoms with van der Waals surface area (Å²) < 4.78 is 5.62. The Morgan fingerprint density at radius 1 is 1.03 bits per heavy atom. The summed E-state index contributed by atoms with van der Waals surface area (Å²) >= 11 is 0. The molecule has 0 heterocycles. The van der Waals surface area contributed by atoms with Crippen molar-refractivity contribution in [3.63, 3.8) is 0 Å². The van der Waals surface area contributed by atoms with Gasteiger partial charge < -0.3 is 20.1 Å². The van der Waals surface area contributed by atoms with Crippen LogP contribution in [0.4, 0.5) is 4.79 Å². The molecule has 0 fully saturated rings. The zero-order valence-electron chi connectivity index (χ0n) is 19.6. The molecule has 0 saturated heterocycles. The second-order valence-corrected chi connectivity index (χ2v) is 9.78. The van der Waals surface area contributed by atoms with Crippen LogP contribution in [-0.2, 0) is 14.3 Å². The first kappa shape index (κ1) is 24.3. The topological polar surface area (TPSA) is 95.9 Å². The fourth-order valence-corrected chi connectivity index (χ4v) is 4.38. The molecule has 0 radical (unpaired) electrons. The molecule has 1 atom stereocenters. The van der Waals surface area contributed by atoms with Gasteiger partial charge in [0.1, 0.15) is 13.2 Å². The fraction of sp³-hybridized carbons (Fsp3) is 0.423. The lowest BCUT2D eigenvalue weighted by Crippen LogP contribution is -2.43. The maximum absolute atomic E-state index is 12.7. The van der Waals surface area contributed by atoms with Crippen molar-refractivity contribution in [2.24, 2.45) is 5.41 Å². The molecule has 2 amide bonds. The Hall–Kier alpha value is -3.35. The number of carbonyl (C=O) groups is 3. The van der Waals surface area contributed by atoms with E-state index in [1.165, 1.54) is 7.05 Å². The first-order chi connectivity index (χ1) is 15.5. The minimum absolute atomic E-state index is 0.00520. The lowest BCUT2D eigenvalue weighted by molar-refractivity contribution is -0.143. The smallest absolute Gasteiger partial charge is 0.407 e. The normalized spacial score (nSPS) is 13.6. The van der Waals surface area contributed by atoms with Gasteiger partial charge in [0.05, 0.1) is 0 Å². The van der Waals surface area contributed by atoms with Crippen molar-refractivity contribution < 1.29 is 24.2 Å². The van der Waals surface area contributed by atoms with Gasteiger partial charge in [-0.25, -0.2) is 4.79 Å². The molecule has 2 aromatic carbocycles.